The fraction of sp³-hybridized carbons (Fsp3) is 0.333. The molecule has 0 amide bonds. The number of hydrogen-bond acceptors (Lipinski definition) is 5. The molecule has 1 aliphatic rings. The molecule has 0 atom stereocenters. The molecule has 20 heavy (non-hydrogen) atoms. The van der Waals surface area contributed by atoms with Gasteiger partial charge in [0.2, 0.25) is 0 Å². The molecular weight excluding hydrogens is 254 g/mol. The molecule has 2 aromatic rings. The molecule has 1 saturated heterocycles. The van der Waals surface area contributed by atoms with Gasteiger partial charge in [0.15, 0.2) is 0 Å². The van der Waals surface area contributed by atoms with E-state index < -0.39 is 0 Å². The van der Waals surface area contributed by atoms with E-state index in [1.54, 1.807) is 6.20 Å². The summed E-state index contributed by atoms with van der Waals surface area (Å²) in [6.07, 6.45) is 4.30. The molecule has 1 aromatic heterocycles. The van der Waals surface area contributed by atoms with Crippen molar-refractivity contribution in [2.75, 3.05) is 30.8 Å². The van der Waals surface area contributed by atoms with Gasteiger partial charge in [0.1, 0.15) is 5.82 Å². The number of carbonyl (C=O) groups is 1. The Bertz CT molecular complexity index is 580. The molecule has 0 radical (unpaired) electrons. The third-order valence-electron chi connectivity index (χ3n) is 3.31. The molecular formula is C15H19N3O2. The Morgan fingerprint density at radius 3 is 2.45 bits per heavy atom. The van der Waals surface area contributed by atoms with Crippen molar-refractivity contribution in [1.82, 2.24) is 4.98 Å². The molecule has 106 valence electrons. The number of hydrogen-bond donors (Lipinski definition) is 1. The zero-order chi connectivity index (χ0) is 14.4. The monoisotopic (exact) mass is 273 g/mol. The first-order chi connectivity index (χ1) is 9.77. The first-order valence-electron chi connectivity index (χ1n) is 6.62. The second-order valence-electron chi connectivity index (χ2n) is 4.61. The average Bonchev–Trinajstić information content (AvgIpc) is 3.02. The van der Waals surface area contributed by atoms with Crippen LogP contribution in [0.15, 0.2) is 30.5 Å². The summed E-state index contributed by atoms with van der Waals surface area (Å²) in [5.74, 6) is 1.09. The van der Waals surface area contributed by atoms with Gasteiger partial charge in [-0.25, -0.2) is 4.98 Å². The van der Waals surface area contributed by atoms with Gasteiger partial charge in [-0.3, -0.25) is 4.79 Å². The molecule has 1 fully saturated rings. The Balaban J connectivity index is 0.000000328. The highest BCUT2D eigenvalue weighted by atomic mass is 16.5. The highest BCUT2D eigenvalue weighted by Crippen LogP contribution is 2.30. The van der Waals surface area contributed by atoms with Crippen LogP contribution in [-0.2, 0) is 9.53 Å². The van der Waals surface area contributed by atoms with E-state index in [2.05, 4.69) is 26.8 Å². The first-order valence-corrected chi connectivity index (χ1v) is 6.62. The molecule has 5 heteroatoms. The summed E-state index contributed by atoms with van der Waals surface area (Å²) in [4.78, 5) is 15.8. The molecule has 5 nitrogen and oxygen atoms in total. The van der Waals surface area contributed by atoms with Gasteiger partial charge in [-0.1, -0.05) is 24.3 Å². The van der Waals surface area contributed by atoms with E-state index in [-0.39, 0.29) is 0 Å². The van der Waals surface area contributed by atoms with Crippen molar-refractivity contribution in [2.24, 2.45) is 0 Å². The molecule has 2 N–H and O–H groups in total. The maximum Gasteiger partial charge on any atom is 0.292 e. The van der Waals surface area contributed by atoms with Crippen molar-refractivity contribution >= 4 is 28.7 Å². The zero-order valence-electron chi connectivity index (χ0n) is 11.6. The number of rotatable bonds is 2. The topological polar surface area (TPSA) is 68.5 Å². The molecule has 2 heterocycles. The molecule has 0 bridgehead atoms. The quantitative estimate of drug-likeness (QED) is 0.850. The van der Waals surface area contributed by atoms with E-state index in [1.807, 2.05) is 12.1 Å². The Kier molecular flexibility index (Phi) is 4.76. The molecule has 1 aliphatic heterocycles. The van der Waals surface area contributed by atoms with Gasteiger partial charge < -0.3 is 15.4 Å². The van der Waals surface area contributed by atoms with E-state index >= 15 is 0 Å². The number of anilines is 2. The number of ether oxygens (including phenoxy) is 1. The van der Waals surface area contributed by atoms with Crippen LogP contribution in [0.3, 0.4) is 0 Å². The lowest BCUT2D eigenvalue weighted by molar-refractivity contribution is -0.126. The average molecular weight is 273 g/mol. The van der Waals surface area contributed by atoms with Gasteiger partial charge in [0, 0.05) is 23.9 Å². The van der Waals surface area contributed by atoms with Crippen LogP contribution in [0.5, 0.6) is 0 Å². The fourth-order valence-corrected chi connectivity index (χ4v) is 2.38. The Labute approximate surface area is 118 Å². The minimum absolute atomic E-state index is 0.375. The third kappa shape index (κ3) is 2.99. The van der Waals surface area contributed by atoms with Gasteiger partial charge in [0.25, 0.3) is 6.47 Å². The first kappa shape index (κ1) is 14.1. The number of aromatic nitrogens is 1. The molecule has 0 spiro atoms. The number of fused-ring (bicyclic) bond motifs is 1. The lowest BCUT2D eigenvalue weighted by Crippen LogP contribution is -2.19. The minimum atomic E-state index is 0.375. The largest absolute Gasteiger partial charge is 0.471 e. The summed E-state index contributed by atoms with van der Waals surface area (Å²) < 4.78 is 3.86. The van der Waals surface area contributed by atoms with Crippen LogP contribution < -0.4 is 10.6 Å². The Hall–Kier alpha value is -2.30. The Morgan fingerprint density at radius 1 is 1.25 bits per heavy atom. The summed E-state index contributed by atoms with van der Waals surface area (Å²) >= 11 is 0. The number of benzene rings is 1. The van der Waals surface area contributed by atoms with Crippen LogP contribution in [0.2, 0.25) is 0 Å². The van der Waals surface area contributed by atoms with Crippen molar-refractivity contribution in [2.45, 2.75) is 12.8 Å². The summed E-state index contributed by atoms with van der Waals surface area (Å²) in [6.45, 7) is 2.60. The molecule has 0 unspecified atom stereocenters. The van der Waals surface area contributed by atoms with Crippen LogP contribution in [0.4, 0.5) is 11.5 Å². The van der Waals surface area contributed by atoms with Crippen LogP contribution in [0.1, 0.15) is 12.8 Å². The van der Waals surface area contributed by atoms with Crippen molar-refractivity contribution < 1.29 is 9.53 Å². The highest BCUT2D eigenvalue weighted by Gasteiger charge is 2.16. The van der Waals surface area contributed by atoms with Gasteiger partial charge in [0.05, 0.1) is 19.0 Å². The maximum atomic E-state index is 8.95. The summed E-state index contributed by atoms with van der Waals surface area (Å²) in [5.41, 5.74) is 6.71. The van der Waals surface area contributed by atoms with E-state index in [0.717, 1.165) is 30.0 Å². The number of nitrogen functional groups attached to an aromatic ring is 1. The number of nitrogens with zero attached hydrogens (tertiary/aromatic N) is 2. The predicted octanol–water partition coefficient (Wildman–Crippen LogP) is 2.21. The second-order valence-corrected chi connectivity index (χ2v) is 4.61. The van der Waals surface area contributed by atoms with Gasteiger partial charge >= 0.3 is 0 Å². The summed E-state index contributed by atoms with van der Waals surface area (Å²) in [6, 6.07) is 8.23. The van der Waals surface area contributed by atoms with Crippen molar-refractivity contribution in [1.29, 1.82) is 0 Å². The molecule has 0 saturated carbocycles. The molecule has 1 aromatic carbocycles. The van der Waals surface area contributed by atoms with E-state index in [0.29, 0.717) is 6.47 Å². The smallest absolute Gasteiger partial charge is 0.292 e. The summed E-state index contributed by atoms with van der Waals surface area (Å²) in [5, 5.41) is 2.28. The molecule has 0 aliphatic carbocycles. The normalized spacial score (nSPS) is 13.8. The van der Waals surface area contributed by atoms with Gasteiger partial charge in [-0.15, -0.1) is 0 Å². The Morgan fingerprint density at radius 2 is 1.85 bits per heavy atom. The number of nitrogens with two attached hydrogens (primary N) is 1. The maximum absolute atomic E-state index is 8.95. The van der Waals surface area contributed by atoms with Crippen LogP contribution in [-0.4, -0.2) is 31.7 Å². The molecule has 3 rings (SSSR count). The third-order valence-corrected chi connectivity index (χ3v) is 3.31. The van der Waals surface area contributed by atoms with Crippen LogP contribution in [0, 0.1) is 0 Å². The van der Waals surface area contributed by atoms with E-state index in [4.69, 9.17) is 10.5 Å². The standard InChI is InChI=1S/C13H15N3.C2H4O2/c14-12-9-15-13(16-7-3-4-8-16)11-6-2-1-5-10(11)12;1-4-2-3/h1-2,5-6,9H,3-4,7-8,14H2;2H,1H3. The predicted molar refractivity (Wildman–Crippen MR) is 80.7 cm³/mol. The highest BCUT2D eigenvalue weighted by molar-refractivity contribution is 5.99. The van der Waals surface area contributed by atoms with E-state index in [1.165, 1.54) is 25.3 Å². The van der Waals surface area contributed by atoms with Crippen molar-refractivity contribution in [3.63, 3.8) is 0 Å². The lowest BCUT2D eigenvalue weighted by atomic mass is 10.1. The van der Waals surface area contributed by atoms with Crippen LogP contribution >= 0.6 is 0 Å². The summed E-state index contributed by atoms with van der Waals surface area (Å²) in [7, 11) is 1.31. The second kappa shape index (κ2) is 6.75. The zero-order valence-corrected chi connectivity index (χ0v) is 11.6. The SMILES string of the molecule is COC=O.Nc1cnc(N2CCCC2)c2ccccc12. The number of methoxy groups -OCH3 is 1. The fourth-order valence-electron chi connectivity index (χ4n) is 2.38. The number of pyridine rings is 1. The van der Waals surface area contributed by atoms with Crippen LogP contribution in [0.25, 0.3) is 10.8 Å². The van der Waals surface area contributed by atoms with Crippen molar-refractivity contribution in [3.8, 4) is 0 Å². The lowest BCUT2D eigenvalue weighted by Gasteiger charge is -2.18. The minimum Gasteiger partial charge on any atom is -0.471 e. The van der Waals surface area contributed by atoms with Crippen molar-refractivity contribution in [3.05, 3.63) is 30.5 Å². The van der Waals surface area contributed by atoms with E-state index in [9.17, 15) is 0 Å². The van der Waals surface area contributed by atoms with Gasteiger partial charge in [-0.05, 0) is 12.8 Å². The van der Waals surface area contributed by atoms with Gasteiger partial charge in [-0.2, -0.15) is 0 Å². The number of carbonyl (C=O) groups excluding carboxylic acids is 1.